The summed E-state index contributed by atoms with van der Waals surface area (Å²) in [6.45, 7) is 9.96. The van der Waals surface area contributed by atoms with Crippen molar-refractivity contribution in [3.8, 4) is 0 Å². The summed E-state index contributed by atoms with van der Waals surface area (Å²) in [5, 5.41) is 18.0. The molecule has 0 aromatic heterocycles. The molecule has 184 valence electrons. The van der Waals surface area contributed by atoms with Crippen LogP contribution in [0.4, 0.5) is 0 Å². The predicted octanol–water partition coefficient (Wildman–Crippen LogP) is 2.76. The maximum absolute atomic E-state index is 10.7. The highest BCUT2D eigenvalue weighted by atomic mass is 35.7. The molecule has 6 atom stereocenters. The van der Waals surface area contributed by atoms with Gasteiger partial charge in [0, 0.05) is 17.3 Å². The molecule has 0 saturated heterocycles. The summed E-state index contributed by atoms with van der Waals surface area (Å²) in [5.74, 6) is 4.21. The minimum Gasteiger partial charge on any atom is -0.396 e. The van der Waals surface area contributed by atoms with E-state index >= 15 is 0 Å². The molecule has 0 unspecified atom stereocenters. The SMILES string of the molecule is CC1(C)[C@H]2CC[C@H](CO)[C@@H]1C2.CC1(C)[C@H]2CC[C@H](COS(N)(=O)=O)[C@@H]1C2.NS(=O)(=O)Cl. The topological polar surface area (TPSA) is 150 Å². The van der Waals surface area contributed by atoms with Gasteiger partial charge in [0.2, 0.25) is 0 Å². The smallest absolute Gasteiger partial charge is 0.333 e. The second-order valence-electron chi connectivity index (χ2n) is 10.8. The molecule has 8 nitrogen and oxygen atoms in total. The maximum Gasteiger partial charge on any atom is 0.333 e. The first kappa shape index (κ1) is 27.3. The fraction of sp³-hybridized carbons (Fsp3) is 1.00. The van der Waals surface area contributed by atoms with Gasteiger partial charge in [-0.15, -0.1) is 0 Å². The van der Waals surface area contributed by atoms with Crippen LogP contribution in [-0.4, -0.2) is 35.2 Å². The number of halogens is 1. The zero-order valence-corrected chi connectivity index (χ0v) is 21.3. The van der Waals surface area contributed by atoms with Crippen molar-refractivity contribution in [2.75, 3.05) is 13.2 Å². The van der Waals surface area contributed by atoms with Crippen molar-refractivity contribution in [2.45, 2.75) is 66.2 Å². The van der Waals surface area contributed by atoms with E-state index in [0.717, 1.165) is 24.2 Å². The van der Waals surface area contributed by atoms with Crippen LogP contribution in [0.2, 0.25) is 0 Å². The standard InChI is InChI=1S/C10H19NO3S.C10H18O.ClH2NO2S/c1-10(2)8-4-3-7(9(10)5-8)6-14-15(11,12)13;1-10(2)8-4-3-7(6-11)9(10)5-8;1-5(2,3)4/h7-9H,3-6H2,1-2H3,(H2,11,12,13);7-9,11H,3-6H2,1-2H3;(H2,2,3,4)/t2*7-,8+,9+;/m11./s1. The van der Waals surface area contributed by atoms with E-state index in [0.29, 0.717) is 35.2 Å². The van der Waals surface area contributed by atoms with Crippen LogP contribution in [-0.2, 0) is 23.7 Å². The molecule has 4 bridgehead atoms. The molecule has 6 fully saturated rings. The van der Waals surface area contributed by atoms with Crippen LogP contribution in [0.25, 0.3) is 0 Å². The molecule has 0 aliphatic heterocycles. The summed E-state index contributed by atoms with van der Waals surface area (Å²) in [5.41, 5.74) is 0.913. The molecule has 6 saturated carbocycles. The number of hydrogen-bond acceptors (Lipinski definition) is 6. The molecule has 0 radical (unpaired) electrons. The quantitative estimate of drug-likeness (QED) is 0.503. The molecule has 0 amide bonds. The van der Waals surface area contributed by atoms with Gasteiger partial charge in [0.25, 0.3) is 9.24 Å². The summed E-state index contributed by atoms with van der Waals surface area (Å²) >= 11 is 0. The predicted molar refractivity (Wildman–Crippen MR) is 121 cm³/mol. The van der Waals surface area contributed by atoms with Crippen LogP contribution in [0.15, 0.2) is 0 Å². The maximum atomic E-state index is 10.7. The van der Waals surface area contributed by atoms with E-state index in [9.17, 15) is 16.8 Å². The third kappa shape index (κ3) is 7.01. The van der Waals surface area contributed by atoms with Gasteiger partial charge >= 0.3 is 10.3 Å². The van der Waals surface area contributed by atoms with Gasteiger partial charge in [-0.1, -0.05) is 27.7 Å². The largest absolute Gasteiger partial charge is 0.396 e. The average molecular weight is 503 g/mol. The Morgan fingerprint density at radius 3 is 1.55 bits per heavy atom. The third-order valence-electron chi connectivity index (χ3n) is 8.68. The van der Waals surface area contributed by atoms with E-state index in [1.807, 2.05) is 0 Å². The van der Waals surface area contributed by atoms with Gasteiger partial charge in [0.15, 0.2) is 0 Å². The van der Waals surface area contributed by atoms with Crippen molar-refractivity contribution < 1.29 is 26.1 Å². The second kappa shape index (κ2) is 9.72. The second-order valence-corrected chi connectivity index (χ2v) is 14.3. The highest BCUT2D eigenvalue weighted by molar-refractivity contribution is 8.11. The highest BCUT2D eigenvalue weighted by Gasteiger charge is 2.54. The monoisotopic (exact) mass is 502 g/mol. The van der Waals surface area contributed by atoms with Crippen molar-refractivity contribution in [3.05, 3.63) is 0 Å². The van der Waals surface area contributed by atoms with Crippen LogP contribution in [0.5, 0.6) is 0 Å². The highest BCUT2D eigenvalue weighted by Crippen LogP contribution is 2.62. The lowest BCUT2D eigenvalue weighted by atomic mass is 9.46. The van der Waals surface area contributed by atoms with Crippen molar-refractivity contribution in [2.24, 2.45) is 56.6 Å². The van der Waals surface area contributed by atoms with E-state index in [-0.39, 0.29) is 6.61 Å². The van der Waals surface area contributed by atoms with Gasteiger partial charge in [-0.05, 0) is 84.9 Å². The van der Waals surface area contributed by atoms with Gasteiger partial charge in [-0.3, -0.25) is 4.18 Å². The van der Waals surface area contributed by atoms with Gasteiger partial charge in [0.05, 0.1) is 6.61 Å². The lowest BCUT2D eigenvalue weighted by Crippen LogP contribution is -2.53. The van der Waals surface area contributed by atoms with E-state index in [4.69, 9.17) is 14.4 Å². The van der Waals surface area contributed by atoms with Crippen molar-refractivity contribution in [1.29, 1.82) is 0 Å². The molecular formula is C20H39ClN2O6S2. The molecule has 6 rings (SSSR count). The number of fused-ring (bicyclic) bond motifs is 4. The lowest BCUT2D eigenvalue weighted by Gasteiger charge is -2.60. The minimum atomic E-state index is -3.77. The van der Waals surface area contributed by atoms with E-state index in [1.54, 1.807) is 0 Å². The summed E-state index contributed by atoms with van der Waals surface area (Å²) in [4.78, 5) is 0. The van der Waals surface area contributed by atoms with Crippen molar-refractivity contribution in [3.63, 3.8) is 0 Å². The molecule has 0 heterocycles. The van der Waals surface area contributed by atoms with Gasteiger partial charge < -0.3 is 5.11 Å². The zero-order valence-electron chi connectivity index (χ0n) is 19.0. The van der Waals surface area contributed by atoms with E-state index in [2.05, 4.69) is 43.5 Å². The summed E-state index contributed by atoms with van der Waals surface area (Å²) in [7, 11) is -3.18. The Balaban J connectivity index is 0.000000187. The van der Waals surface area contributed by atoms with E-state index in [1.165, 1.54) is 32.1 Å². The first-order chi connectivity index (χ1) is 14.0. The Kier molecular flexibility index (Phi) is 8.55. The fourth-order valence-corrected chi connectivity index (χ4v) is 6.89. The number of aliphatic hydroxyl groups is 1. The third-order valence-corrected chi connectivity index (χ3v) is 9.15. The molecule has 31 heavy (non-hydrogen) atoms. The molecule has 6 aliphatic rings. The molecular weight excluding hydrogens is 464 g/mol. The van der Waals surface area contributed by atoms with Crippen LogP contribution >= 0.6 is 10.7 Å². The zero-order chi connectivity index (χ0) is 23.8. The van der Waals surface area contributed by atoms with Crippen molar-refractivity contribution in [1.82, 2.24) is 0 Å². The first-order valence-electron chi connectivity index (χ1n) is 11.0. The Bertz CT molecular complexity index is 819. The summed E-state index contributed by atoms with van der Waals surface area (Å²) < 4.78 is 44.5. The van der Waals surface area contributed by atoms with Crippen LogP contribution < -0.4 is 10.3 Å². The molecule has 5 N–H and O–H groups in total. The molecule has 6 aliphatic carbocycles. The Morgan fingerprint density at radius 1 is 0.871 bits per heavy atom. The average Bonchev–Trinajstić information content (AvgIpc) is 2.64. The van der Waals surface area contributed by atoms with Crippen LogP contribution in [0.3, 0.4) is 0 Å². The first-order valence-corrected chi connectivity index (χ1v) is 14.8. The number of rotatable bonds is 4. The van der Waals surface area contributed by atoms with E-state index < -0.39 is 19.5 Å². The number of hydrogen-bond donors (Lipinski definition) is 3. The number of nitrogens with two attached hydrogens (primary N) is 2. The summed E-state index contributed by atoms with van der Waals surface area (Å²) in [6.07, 6.45) is 7.52. The molecule has 0 aromatic rings. The fourth-order valence-electron chi connectivity index (χ4n) is 6.53. The van der Waals surface area contributed by atoms with Gasteiger partial charge in [-0.25, -0.2) is 10.3 Å². The van der Waals surface area contributed by atoms with Crippen LogP contribution in [0, 0.1) is 46.3 Å². The Labute approximate surface area is 192 Å². The van der Waals surface area contributed by atoms with Crippen molar-refractivity contribution >= 4 is 30.2 Å². The normalized spacial score (nSPS) is 37.0. The summed E-state index contributed by atoms with van der Waals surface area (Å²) in [6, 6.07) is 0. The molecule has 0 spiro atoms. The van der Waals surface area contributed by atoms with Crippen LogP contribution in [0.1, 0.15) is 66.2 Å². The molecule has 11 heteroatoms. The number of aliphatic hydroxyl groups excluding tert-OH is 1. The minimum absolute atomic E-state index is 0.264. The molecule has 0 aromatic carbocycles. The Morgan fingerprint density at radius 2 is 1.26 bits per heavy atom. The Hall–Kier alpha value is 0.0300. The van der Waals surface area contributed by atoms with Gasteiger partial charge in [-0.2, -0.15) is 16.8 Å². The lowest BCUT2D eigenvalue weighted by molar-refractivity contribution is -0.116. The van der Waals surface area contributed by atoms with Gasteiger partial charge in [0.1, 0.15) is 0 Å².